The molecule has 0 spiro atoms. The molecule has 10 heteroatoms. The van der Waals surface area contributed by atoms with Crippen LogP contribution in [-0.2, 0) is 5.75 Å². The maximum Gasteiger partial charge on any atom is 0.260 e. The van der Waals surface area contributed by atoms with E-state index in [2.05, 4.69) is 39.3 Å². The van der Waals surface area contributed by atoms with Gasteiger partial charge in [0.25, 0.3) is 5.56 Å². The molecular weight excluding hydrogens is 402 g/mol. The highest BCUT2D eigenvalue weighted by atomic mass is 32.2. The van der Waals surface area contributed by atoms with Crippen molar-refractivity contribution >= 4 is 49.8 Å². The predicted octanol–water partition coefficient (Wildman–Crippen LogP) is 4.46. The van der Waals surface area contributed by atoms with Crippen LogP contribution in [-0.4, -0.2) is 26.7 Å². The third kappa shape index (κ3) is 4.07. The van der Waals surface area contributed by atoms with Gasteiger partial charge in [0.15, 0.2) is 4.34 Å². The van der Waals surface area contributed by atoms with E-state index in [9.17, 15) is 4.79 Å². The number of thiophene rings is 1. The van der Waals surface area contributed by atoms with Crippen LogP contribution >= 0.6 is 34.4 Å². The fraction of sp³-hybridized carbons (Fsp3) is 0.294. The zero-order valence-electron chi connectivity index (χ0n) is 14.7. The zero-order chi connectivity index (χ0) is 18.8. The molecule has 0 saturated carbocycles. The van der Waals surface area contributed by atoms with E-state index >= 15 is 0 Å². The second-order valence-corrected chi connectivity index (χ2v) is 9.31. The van der Waals surface area contributed by atoms with Crippen molar-refractivity contribution in [2.75, 3.05) is 11.9 Å². The lowest BCUT2D eigenvalue weighted by atomic mass is 10.2. The van der Waals surface area contributed by atoms with Crippen molar-refractivity contribution in [1.82, 2.24) is 20.2 Å². The second kappa shape index (κ2) is 7.83. The molecule has 4 rings (SSSR count). The van der Waals surface area contributed by atoms with E-state index < -0.39 is 0 Å². The Kier molecular flexibility index (Phi) is 5.28. The molecule has 2 N–H and O–H groups in total. The smallest absolute Gasteiger partial charge is 0.260 e. The number of nitrogens with one attached hydrogen (secondary N) is 2. The van der Waals surface area contributed by atoms with Gasteiger partial charge in [-0.2, -0.15) is 0 Å². The van der Waals surface area contributed by atoms with Crippen LogP contribution in [0, 0.1) is 5.92 Å². The van der Waals surface area contributed by atoms with Crippen LogP contribution in [0.25, 0.3) is 21.5 Å². The topological polar surface area (TPSA) is 96.7 Å². The first-order valence-corrected chi connectivity index (χ1v) is 11.0. The van der Waals surface area contributed by atoms with E-state index in [1.54, 1.807) is 12.3 Å². The predicted molar refractivity (Wildman–Crippen MR) is 111 cm³/mol. The molecule has 0 unspecified atom stereocenters. The molecule has 0 aliphatic heterocycles. The van der Waals surface area contributed by atoms with Crippen LogP contribution in [0.4, 0.5) is 5.13 Å². The first-order valence-electron chi connectivity index (χ1n) is 8.34. The molecule has 0 atom stereocenters. The van der Waals surface area contributed by atoms with E-state index in [1.165, 1.54) is 34.4 Å². The first kappa shape index (κ1) is 18.2. The number of thioether (sulfide) groups is 1. The third-order valence-electron chi connectivity index (χ3n) is 3.68. The summed E-state index contributed by atoms with van der Waals surface area (Å²) >= 11 is 4.45. The van der Waals surface area contributed by atoms with E-state index in [0.29, 0.717) is 33.5 Å². The highest BCUT2D eigenvalue weighted by molar-refractivity contribution is 8.00. The number of nitrogens with zero attached hydrogens (tertiary/aromatic N) is 3. The lowest BCUT2D eigenvalue weighted by Crippen LogP contribution is -2.10. The molecule has 0 aromatic carbocycles. The first-order chi connectivity index (χ1) is 13.1. The van der Waals surface area contributed by atoms with Crippen molar-refractivity contribution in [3.8, 4) is 11.3 Å². The quantitative estimate of drug-likeness (QED) is 0.427. The fourth-order valence-electron chi connectivity index (χ4n) is 2.44. The van der Waals surface area contributed by atoms with Gasteiger partial charge in [-0.25, -0.2) is 4.98 Å². The molecule has 27 heavy (non-hydrogen) atoms. The molecule has 4 aromatic heterocycles. The van der Waals surface area contributed by atoms with Crippen LogP contribution in [0.15, 0.2) is 37.3 Å². The lowest BCUT2D eigenvalue weighted by molar-refractivity contribution is 0.583. The largest absolute Gasteiger partial charge is 0.464 e. The van der Waals surface area contributed by atoms with Gasteiger partial charge in [0, 0.05) is 17.5 Å². The maximum absolute atomic E-state index is 12.6. The fourth-order valence-corrected chi connectivity index (χ4v) is 5.01. The number of H-pyrrole nitrogens is 1. The van der Waals surface area contributed by atoms with Gasteiger partial charge in [0.1, 0.15) is 16.4 Å². The summed E-state index contributed by atoms with van der Waals surface area (Å²) in [6, 6.07) is 3.64. The zero-order valence-corrected chi connectivity index (χ0v) is 17.1. The molecule has 0 saturated heterocycles. The molecule has 0 aliphatic rings. The van der Waals surface area contributed by atoms with Crippen LogP contribution < -0.4 is 10.9 Å². The summed E-state index contributed by atoms with van der Waals surface area (Å²) in [5, 5.41) is 14.9. The molecule has 0 bridgehead atoms. The van der Waals surface area contributed by atoms with Gasteiger partial charge in [-0.1, -0.05) is 36.9 Å². The van der Waals surface area contributed by atoms with Crippen molar-refractivity contribution in [1.29, 1.82) is 0 Å². The van der Waals surface area contributed by atoms with Gasteiger partial charge in [-0.3, -0.25) is 4.79 Å². The minimum atomic E-state index is -0.153. The molecule has 4 heterocycles. The van der Waals surface area contributed by atoms with E-state index in [-0.39, 0.29) is 5.56 Å². The SMILES string of the molecule is CC(C)CNc1nnc(SCc2nc3scc(-c4ccco4)c3c(=O)[nH]2)s1. The molecule has 0 amide bonds. The number of aromatic amines is 1. The van der Waals surface area contributed by atoms with E-state index in [4.69, 9.17) is 4.42 Å². The minimum absolute atomic E-state index is 0.153. The summed E-state index contributed by atoms with van der Waals surface area (Å²) in [6.07, 6.45) is 1.60. The summed E-state index contributed by atoms with van der Waals surface area (Å²) in [4.78, 5) is 20.7. The van der Waals surface area contributed by atoms with Gasteiger partial charge in [-0.15, -0.1) is 21.5 Å². The van der Waals surface area contributed by atoms with Crippen molar-refractivity contribution in [3.63, 3.8) is 0 Å². The summed E-state index contributed by atoms with van der Waals surface area (Å²) in [7, 11) is 0. The van der Waals surface area contributed by atoms with Gasteiger partial charge in [0.2, 0.25) is 5.13 Å². The minimum Gasteiger partial charge on any atom is -0.464 e. The number of anilines is 1. The number of hydrogen-bond acceptors (Lipinski definition) is 9. The Hall–Kier alpha value is -2.17. The molecule has 4 aromatic rings. The third-order valence-corrected chi connectivity index (χ3v) is 6.58. The monoisotopic (exact) mass is 419 g/mol. The maximum atomic E-state index is 12.6. The highest BCUT2D eigenvalue weighted by Gasteiger charge is 2.15. The van der Waals surface area contributed by atoms with Crippen molar-refractivity contribution in [3.05, 3.63) is 40.0 Å². The van der Waals surface area contributed by atoms with E-state index in [1.807, 2.05) is 11.4 Å². The molecule has 140 valence electrons. The molecule has 7 nitrogen and oxygen atoms in total. The average molecular weight is 420 g/mol. The van der Waals surface area contributed by atoms with Crippen LogP contribution in [0.1, 0.15) is 19.7 Å². The van der Waals surface area contributed by atoms with Crippen LogP contribution in [0.3, 0.4) is 0 Å². The van der Waals surface area contributed by atoms with Crippen molar-refractivity contribution < 1.29 is 4.42 Å². The average Bonchev–Trinajstić information content (AvgIpc) is 3.37. The Morgan fingerprint density at radius 2 is 2.26 bits per heavy atom. The molecule has 0 radical (unpaired) electrons. The van der Waals surface area contributed by atoms with Crippen molar-refractivity contribution in [2.45, 2.75) is 23.9 Å². The standard InChI is InChI=1S/C17H17N5O2S3/c1-9(2)6-18-16-21-22-17(27-16)26-8-12-19-14(23)13-10(7-25-15(13)20-12)11-4-3-5-24-11/h3-5,7,9H,6,8H2,1-2H3,(H,18,21)(H,19,20,23). The summed E-state index contributed by atoms with van der Waals surface area (Å²) in [6.45, 7) is 5.15. The Balaban J connectivity index is 1.49. The van der Waals surface area contributed by atoms with Gasteiger partial charge in [-0.05, 0) is 18.1 Å². The number of furan rings is 1. The molecule has 0 fully saturated rings. The second-order valence-electron chi connectivity index (χ2n) is 6.26. The number of aromatic nitrogens is 4. The number of fused-ring (bicyclic) bond motifs is 1. The number of hydrogen-bond donors (Lipinski definition) is 2. The Bertz CT molecular complexity index is 1100. The van der Waals surface area contributed by atoms with Crippen LogP contribution in [0.2, 0.25) is 0 Å². The molecular formula is C17H17N5O2S3. The normalized spacial score (nSPS) is 11.5. The Morgan fingerprint density at radius 3 is 3.04 bits per heavy atom. The summed E-state index contributed by atoms with van der Waals surface area (Å²) < 4.78 is 6.25. The number of rotatable bonds is 7. The molecule has 0 aliphatic carbocycles. The van der Waals surface area contributed by atoms with Gasteiger partial charge < -0.3 is 14.7 Å². The highest BCUT2D eigenvalue weighted by Crippen LogP contribution is 2.32. The summed E-state index contributed by atoms with van der Waals surface area (Å²) in [5.41, 5.74) is 0.623. The van der Waals surface area contributed by atoms with Crippen molar-refractivity contribution in [2.24, 2.45) is 5.92 Å². The van der Waals surface area contributed by atoms with Gasteiger partial charge in [0.05, 0.1) is 17.4 Å². The van der Waals surface area contributed by atoms with E-state index in [0.717, 1.165) is 21.6 Å². The summed E-state index contributed by atoms with van der Waals surface area (Å²) in [5.74, 6) is 2.36. The lowest BCUT2D eigenvalue weighted by Gasteiger charge is -2.03. The van der Waals surface area contributed by atoms with Crippen LogP contribution in [0.5, 0.6) is 0 Å². The Labute approximate surface area is 167 Å². The van der Waals surface area contributed by atoms with Gasteiger partial charge >= 0.3 is 0 Å². The Morgan fingerprint density at radius 1 is 1.37 bits per heavy atom.